The van der Waals surface area contributed by atoms with Crippen LogP contribution in [0.3, 0.4) is 0 Å². The van der Waals surface area contributed by atoms with Crippen molar-refractivity contribution in [2.45, 2.75) is 64.5 Å². The molecule has 2 aliphatic rings. The summed E-state index contributed by atoms with van der Waals surface area (Å²) in [5.41, 5.74) is 4.88. The van der Waals surface area contributed by atoms with Crippen molar-refractivity contribution >= 4 is 5.97 Å². The SMILES string of the molecule is CCOC(=O)c1c2c(nn1CCCNC1CCCC1)-c1ccncc1CC2.[HH]. The molecule has 27 heavy (non-hydrogen) atoms. The van der Waals surface area contributed by atoms with Crippen LogP contribution in [0, 0.1) is 0 Å². The summed E-state index contributed by atoms with van der Waals surface area (Å²) in [7, 11) is 0. The second kappa shape index (κ2) is 8.21. The number of fused-ring (bicyclic) bond motifs is 3. The van der Waals surface area contributed by atoms with Gasteiger partial charge in [-0.1, -0.05) is 12.8 Å². The monoisotopic (exact) mass is 370 g/mol. The number of pyridine rings is 1. The molecule has 0 amide bonds. The van der Waals surface area contributed by atoms with Crippen LogP contribution in [-0.4, -0.2) is 39.9 Å². The molecule has 4 rings (SSSR count). The second-order valence-electron chi connectivity index (χ2n) is 7.44. The molecule has 0 unspecified atom stereocenters. The average molecular weight is 370 g/mol. The van der Waals surface area contributed by atoms with E-state index in [0.717, 1.165) is 49.2 Å². The Hall–Kier alpha value is -2.21. The fraction of sp³-hybridized carbons (Fsp3) is 0.571. The van der Waals surface area contributed by atoms with Crippen molar-refractivity contribution in [3.8, 4) is 11.3 Å². The van der Waals surface area contributed by atoms with Crippen molar-refractivity contribution in [2.75, 3.05) is 13.2 Å². The predicted molar refractivity (Wildman–Crippen MR) is 106 cm³/mol. The highest BCUT2D eigenvalue weighted by Gasteiger charge is 2.29. The van der Waals surface area contributed by atoms with Crippen molar-refractivity contribution in [1.82, 2.24) is 20.1 Å². The van der Waals surface area contributed by atoms with Crippen LogP contribution in [0.4, 0.5) is 0 Å². The van der Waals surface area contributed by atoms with E-state index < -0.39 is 0 Å². The summed E-state index contributed by atoms with van der Waals surface area (Å²) >= 11 is 0. The maximum absolute atomic E-state index is 12.6. The molecule has 2 aromatic rings. The van der Waals surface area contributed by atoms with Gasteiger partial charge in [-0.05, 0) is 57.2 Å². The molecule has 6 heteroatoms. The van der Waals surface area contributed by atoms with E-state index in [9.17, 15) is 4.79 Å². The number of aryl methyl sites for hydroxylation is 2. The van der Waals surface area contributed by atoms with Crippen LogP contribution in [0.25, 0.3) is 11.3 Å². The van der Waals surface area contributed by atoms with Crippen molar-refractivity contribution in [1.29, 1.82) is 0 Å². The molecule has 2 aromatic heterocycles. The van der Waals surface area contributed by atoms with Gasteiger partial charge in [-0.25, -0.2) is 4.79 Å². The quantitative estimate of drug-likeness (QED) is 0.598. The van der Waals surface area contributed by atoms with Gasteiger partial charge in [0.15, 0.2) is 0 Å². The van der Waals surface area contributed by atoms with Gasteiger partial charge < -0.3 is 10.1 Å². The van der Waals surface area contributed by atoms with E-state index in [1.807, 2.05) is 23.9 Å². The zero-order valence-electron chi connectivity index (χ0n) is 16.0. The minimum atomic E-state index is -0.257. The summed E-state index contributed by atoms with van der Waals surface area (Å²) in [6, 6.07) is 2.67. The number of aromatic nitrogens is 3. The van der Waals surface area contributed by atoms with Gasteiger partial charge in [0.05, 0.1) is 12.3 Å². The number of rotatable bonds is 7. The molecule has 0 radical (unpaired) electrons. The summed E-state index contributed by atoms with van der Waals surface area (Å²) in [5, 5.41) is 8.46. The molecular weight excluding hydrogens is 340 g/mol. The summed E-state index contributed by atoms with van der Waals surface area (Å²) < 4.78 is 7.21. The van der Waals surface area contributed by atoms with E-state index in [0.29, 0.717) is 18.3 Å². The first-order valence-corrected chi connectivity index (χ1v) is 10.2. The minimum Gasteiger partial charge on any atom is -0.461 e. The maximum Gasteiger partial charge on any atom is 0.356 e. The van der Waals surface area contributed by atoms with Crippen molar-refractivity contribution in [3.05, 3.63) is 35.3 Å². The molecule has 0 aliphatic heterocycles. The highest BCUT2D eigenvalue weighted by Crippen LogP contribution is 2.34. The third-order valence-electron chi connectivity index (χ3n) is 5.66. The first-order chi connectivity index (χ1) is 13.3. The molecule has 0 bridgehead atoms. The zero-order valence-corrected chi connectivity index (χ0v) is 16.0. The van der Waals surface area contributed by atoms with Crippen molar-refractivity contribution in [3.63, 3.8) is 0 Å². The maximum atomic E-state index is 12.6. The molecule has 2 heterocycles. The molecular formula is C21H30N4O2. The van der Waals surface area contributed by atoms with Gasteiger partial charge in [0.25, 0.3) is 0 Å². The number of ether oxygens (including phenoxy) is 1. The second-order valence-corrected chi connectivity index (χ2v) is 7.44. The Balaban J connectivity index is 0.00000225. The highest BCUT2D eigenvalue weighted by atomic mass is 16.5. The van der Waals surface area contributed by atoms with Crippen LogP contribution in [0.1, 0.15) is 62.1 Å². The van der Waals surface area contributed by atoms with E-state index in [-0.39, 0.29) is 7.40 Å². The Kier molecular flexibility index (Phi) is 5.53. The first kappa shape index (κ1) is 18.2. The van der Waals surface area contributed by atoms with Crippen LogP contribution >= 0.6 is 0 Å². The summed E-state index contributed by atoms with van der Waals surface area (Å²) in [5.74, 6) is -0.257. The van der Waals surface area contributed by atoms with E-state index in [1.54, 1.807) is 6.20 Å². The van der Waals surface area contributed by atoms with Gasteiger partial charge in [-0.3, -0.25) is 9.67 Å². The number of nitrogens with zero attached hydrogens (tertiary/aromatic N) is 3. The van der Waals surface area contributed by atoms with Gasteiger partial charge in [0.2, 0.25) is 0 Å². The molecule has 0 spiro atoms. The fourth-order valence-electron chi connectivity index (χ4n) is 4.32. The third kappa shape index (κ3) is 3.76. The molecule has 1 saturated carbocycles. The topological polar surface area (TPSA) is 69.0 Å². The molecule has 1 N–H and O–H groups in total. The van der Waals surface area contributed by atoms with Crippen molar-refractivity contribution in [2.24, 2.45) is 0 Å². The fourth-order valence-corrected chi connectivity index (χ4v) is 4.32. The van der Waals surface area contributed by atoms with Crippen LogP contribution in [0.15, 0.2) is 18.5 Å². The summed E-state index contributed by atoms with van der Waals surface area (Å²) in [6.45, 7) is 3.90. The number of nitrogens with one attached hydrogen (secondary N) is 1. The Morgan fingerprint density at radius 3 is 3.04 bits per heavy atom. The normalized spacial score (nSPS) is 16.2. The van der Waals surface area contributed by atoms with Crippen LogP contribution in [0.2, 0.25) is 0 Å². The van der Waals surface area contributed by atoms with Crippen LogP contribution < -0.4 is 5.32 Å². The van der Waals surface area contributed by atoms with Gasteiger partial charge in [-0.2, -0.15) is 5.10 Å². The zero-order chi connectivity index (χ0) is 18.6. The largest absolute Gasteiger partial charge is 0.461 e. The minimum absolute atomic E-state index is 0. The lowest BCUT2D eigenvalue weighted by molar-refractivity contribution is 0.0510. The van der Waals surface area contributed by atoms with Crippen molar-refractivity contribution < 1.29 is 11.0 Å². The Labute approximate surface area is 161 Å². The molecule has 0 saturated heterocycles. The molecule has 2 aliphatic carbocycles. The van der Waals surface area contributed by atoms with Gasteiger partial charge >= 0.3 is 5.97 Å². The van der Waals surface area contributed by atoms with E-state index in [1.165, 1.54) is 31.2 Å². The smallest absolute Gasteiger partial charge is 0.356 e. The predicted octanol–water partition coefficient (Wildman–Crippen LogP) is 3.39. The van der Waals surface area contributed by atoms with Gasteiger partial charge in [0.1, 0.15) is 5.69 Å². The van der Waals surface area contributed by atoms with E-state index in [4.69, 9.17) is 9.84 Å². The molecule has 6 nitrogen and oxygen atoms in total. The average Bonchev–Trinajstić information content (AvgIpc) is 3.33. The summed E-state index contributed by atoms with van der Waals surface area (Å²) in [6.07, 6.45) is 11.6. The number of hydrogen-bond donors (Lipinski definition) is 1. The number of esters is 1. The lowest BCUT2D eigenvalue weighted by Crippen LogP contribution is -2.28. The molecule has 0 aromatic carbocycles. The van der Waals surface area contributed by atoms with Crippen LogP contribution in [-0.2, 0) is 24.1 Å². The number of carbonyl (C=O) groups is 1. The Bertz CT molecular complexity index is 815. The number of hydrogen-bond acceptors (Lipinski definition) is 5. The van der Waals surface area contributed by atoms with Gasteiger partial charge in [-0.15, -0.1) is 0 Å². The van der Waals surface area contributed by atoms with E-state index in [2.05, 4.69) is 10.3 Å². The Morgan fingerprint density at radius 1 is 1.37 bits per heavy atom. The molecule has 0 atom stereocenters. The third-order valence-corrected chi connectivity index (χ3v) is 5.66. The first-order valence-electron chi connectivity index (χ1n) is 10.2. The molecule has 1 fully saturated rings. The lowest BCUT2D eigenvalue weighted by Gasteiger charge is -2.15. The molecule has 146 valence electrons. The summed E-state index contributed by atoms with van der Waals surface area (Å²) in [4.78, 5) is 16.9. The van der Waals surface area contributed by atoms with Crippen LogP contribution in [0.5, 0.6) is 0 Å². The highest BCUT2D eigenvalue weighted by molar-refractivity contribution is 5.92. The number of carbonyl (C=O) groups excluding carboxylic acids is 1. The lowest BCUT2D eigenvalue weighted by atomic mass is 9.90. The van der Waals surface area contributed by atoms with E-state index >= 15 is 0 Å². The standard InChI is InChI=1S/C21H28N4O2.H2/c1-2-27-21(26)20-18-9-8-15-14-22-12-10-17(15)19(18)24-25(20)13-5-11-23-16-6-3-4-7-16;/h10,12,14,16,23H,2-9,11,13H2,1H3;1H. The van der Waals surface area contributed by atoms with Gasteiger partial charge in [0, 0.05) is 37.5 Å². The Morgan fingerprint density at radius 2 is 2.22 bits per heavy atom.